The van der Waals surface area contributed by atoms with Crippen LogP contribution in [0.1, 0.15) is 87.8 Å². The first-order valence-corrected chi connectivity index (χ1v) is 18.1. The van der Waals surface area contributed by atoms with Crippen LogP contribution >= 0.6 is 0 Å². The van der Waals surface area contributed by atoms with Crippen LogP contribution in [0, 0.1) is 48.3 Å². The van der Waals surface area contributed by atoms with Crippen molar-refractivity contribution in [2.75, 3.05) is 0 Å². The molecular formula is C44H53N5. The quantitative estimate of drug-likeness (QED) is 0.0834. The minimum Gasteiger partial charge on any atom is -0.384 e. The fourth-order valence-corrected chi connectivity index (χ4v) is 8.63. The van der Waals surface area contributed by atoms with Gasteiger partial charge in [-0.2, -0.15) is 5.26 Å². The maximum Gasteiger partial charge on any atom is 0.0820 e. The summed E-state index contributed by atoms with van der Waals surface area (Å²) in [7, 11) is 0. The molecule has 0 spiro atoms. The van der Waals surface area contributed by atoms with Crippen molar-refractivity contribution in [3.05, 3.63) is 131 Å². The van der Waals surface area contributed by atoms with Gasteiger partial charge in [0.15, 0.2) is 0 Å². The highest BCUT2D eigenvalue weighted by atomic mass is 15.1. The fraction of sp³-hybridized carbons (Fsp3) is 0.409. The van der Waals surface area contributed by atoms with Crippen molar-refractivity contribution in [1.82, 2.24) is 10.6 Å². The molecule has 5 heteroatoms. The molecule has 1 heterocycles. The van der Waals surface area contributed by atoms with Crippen LogP contribution in [0.4, 0.5) is 0 Å². The van der Waals surface area contributed by atoms with Crippen molar-refractivity contribution < 1.29 is 0 Å². The monoisotopic (exact) mass is 651 g/mol. The number of nitriles is 1. The molecule has 3 aromatic rings. The molecule has 3 aliphatic rings. The first-order valence-electron chi connectivity index (χ1n) is 18.1. The third-order valence-corrected chi connectivity index (χ3v) is 11.5. The van der Waals surface area contributed by atoms with Crippen LogP contribution in [0.25, 0.3) is 10.8 Å². The van der Waals surface area contributed by atoms with Gasteiger partial charge >= 0.3 is 0 Å². The van der Waals surface area contributed by atoms with Crippen LogP contribution < -0.4 is 16.4 Å². The molecule has 254 valence electrons. The number of aryl methyl sites for hydroxylation is 2. The summed E-state index contributed by atoms with van der Waals surface area (Å²) in [5.41, 5.74) is 15.8. The summed E-state index contributed by atoms with van der Waals surface area (Å²) < 4.78 is 0. The lowest BCUT2D eigenvalue weighted by atomic mass is 9.68. The molecule has 0 amide bonds. The Hall–Kier alpha value is -4.24. The summed E-state index contributed by atoms with van der Waals surface area (Å²) in [6.07, 6.45) is 17.1. The molecule has 4 N–H and O–H groups in total. The van der Waals surface area contributed by atoms with Crippen molar-refractivity contribution in [3.63, 3.8) is 0 Å². The number of rotatable bonds is 11. The van der Waals surface area contributed by atoms with E-state index in [1.54, 1.807) is 0 Å². The van der Waals surface area contributed by atoms with Crippen LogP contribution in [0.3, 0.4) is 0 Å². The second-order valence-corrected chi connectivity index (χ2v) is 15.0. The van der Waals surface area contributed by atoms with E-state index in [2.05, 4.69) is 155 Å². The lowest BCUT2D eigenvalue weighted by molar-refractivity contribution is 0.276. The molecular weight excluding hydrogens is 599 g/mol. The Balaban J connectivity index is 1.26. The van der Waals surface area contributed by atoms with Gasteiger partial charge in [0.05, 0.1) is 30.4 Å². The smallest absolute Gasteiger partial charge is 0.0820 e. The summed E-state index contributed by atoms with van der Waals surface area (Å²) in [6, 6.07) is 24.0. The van der Waals surface area contributed by atoms with Crippen molar-refractivity contribution in [2.45, 2.75) is 91.5 Å². The average Bonchev–Trinajstić information content (AvgIpc) is 3.36. The number of nitrogens with two attached hydrogens (primary N) is 1. The molecule has 3 aromatic carbocycles. The minimum absolute atomic E-state index is 0.0756. The SMILES string of the molecule is CC(=NC(C)C1CC=CNC1C1=CC=CC2C1C=C(CCCC#N)C2(C)C)C(NC(N)c1ccc2cc(C)ccc2c1C)c1ccccc1. The van der Waals surface area contributed by atoms with E-state index in [9.17, 15) is 0 Å². The second kappa shape index (κ2) is 14.7. The zero-order chi connectivity index (χ0) is 34.7. The van der Waals surface area contributed by atoms with E-state index < -0.39 is 0 Å². The molecule has 0 bridgehead atoms. The summed E-state index contributed by atoms with van der Waals surface area (Å²) in [5.74, 6) is 1.08. The minimum atomic E-state index is -0.362. The van der Waals surface area contributed by atoms with Crippen LogP contribution in [0.15, 0.2) is 113 Å². The number of allylic oxidation sites excluding steroid dienone is 6. The highest BCUT2D eigenvalue weighted by Gasteiger charge is 2.46. The van der Waals surface area contributed by atoms with Crippen LogP contribution in [-0.2, 0) is 0 Å². The van der Waals surface area contributed by atoms with E-state index in [-0.39, 0.29) is 29.7 Å². The molecule has 0 aromatic heterocycles. The third-order valence-electron chi connectivity index (χ3n) is 11.5. The Morgan fingerprint density at radius 2 is 1.92 bits per heavy atom. The van der Waals surface area contributed by atoms with Crippen LogP contribution in [-0.4, -0.2) is 17.8 Å². The molecule has 0 radical (unpaired) electrons. The van der Waals surface area contributed by atoms with Gasteiger partial charge in [-0.25, -0.2) is 0 Å². The molecule has 49 heavy (non-hydrogen) atoms. The van der Waals surface area contributed by atoms with Gasteiger partial charge in [-0.05, 0) is 97.5 Å². The van der Waals surface area contributed by atoms with Gasteiger partial charge in [0.2, 0.25) is 0 Å². The Kier molecular flexibility index (Phi) is 10.4. The van der Waals surface area contributed by atoms with Crippen molar-refractivity contribution >= 4 is 16.5 Å². The molecule has 5 nitrogen and oxygen atoms in total. The number of benzene rings is 3. The number of nitrogens with zero attached hydrogens (tertiary/aromatic N) is 2. The third kappa shape index (κ3) is 7.09. The predicted octanol–water partition coefficient (Wildman–Crippen LogP) is 9.47. The van der Waals surface area contributed by atoms with Crippen molar-refractivity contribution in [1.29, 1.82) is 5.26 Å². The van der Waals surface area contributed by atoms with Gasteiger partial charge in [-0.15, -0.1) is 0 Å². The predicted molar refractivity (Wildman–Crippen MR) is 205 cm³/mol. The Morgan fingerprint density at radius 3 is 2.69 bits per heavy atom. The van der Waals surface area contributed by atoms with E-state index in [4.69, 9.17) is 16.0 Å². The van der Waals surface area contributed by atoms with Crippen molar-refractivity contribution in [3.8, 4) is 6.07 Å². The van der Waals surface area contributed by atoms with E-state index in [1.807, 2.05) is 0 Å². The van der Waals surface area contributed by atoms with Gasteiger partial charge in [0.1, 0.15) is 0 Å². The number of unbranched alkanes of at least 4 members (excludes halogenated alkanes) is 1. The largest absolute Gasteiger partial charge is 0.384 e. The Bertz CT molecular complexity index is 1850. The van der Waals surface area contributed by atoms with E-state index in [1.165, 1.54) is 33.0 Å². The lowest BCUT2D eigenvalue weighted by Crippen LogP contribution is -2.45. The summed E-state index contributed by atoms with van der Waals surface area (Å²) in [6.45, 7) is 13.5. The van der Waals surface area contributed by atoms with Gasteiger partial charge in [-0.1, -0.05) is 116 Å². The molecule has 2 aliphatic carbocycles. The normalized spacial score (nSPS) is 24.7. The summed E-state index contributed by atoms with van der Waals surface area (Å²) in [4.78, 5) is 5.46. The first kappa shape index (κ1) is 34.6. The average molecular weight is 652 g/mol. The molecule has 6 rings (SSSR count). The standard InChI is InChI=1S/C44H53N5/c1-28-20-22-35-29(2)36(23-21-33(35)26-28)43(46)49-41(32-14-8-7-9-15-32)31(4)48-30(3)37-18-13-25-47-42(37)38-17-12-19-40-39(38)27-34(44(40,5)6)16-10-11-24-45/h7-9,12-15,17,19-23,25-27,30,37,39-43,47,49H,10-11,16,18,46H2,1-6H3. The fourth-order valence-electron chi connectivity index (χ4n) is 8.63. The van der Waals surface area contributed by atoms with Crippen LogP contribution in [0.2, 0.25) is 0 Å². The first-order chi connectivity index (χ1) is 23.6. The summed E-state index contributed by atoms with van der Waals surface area (Å²) >= 11 is 0. The molecule has 0 fully saturated rings. The number of hydrogen-bond donors (Lipinski definition) is 3. The van der Waals surface area contributed by atoms with Gasteiger partial charge < -0.3 is 11.1 Å². The molecule has 0 saturated carbocycles. The van der Waals surface area contributed by atoms with E-state index in [0.717, 1.165) is 36.1 Å². The molecule has 0 saturated heterocycles. The highest BCUT2D eigenvalue weighted by molar-refractivity contribution is 5.89. The highest BCUT2D eigenvalue weighted by Crippen LogP contribution is 2.53. The molecule has 7 unspecified atom stereocenters. The number of nitrogens with one attached hydrogen (secondary N) is 2. The van der Waals surface area contributed by atoms with Gasteiger partial charge in [-0.3, -0.25) is 10.3 Å². The van der Waals surface area contributed by atoms with Gasteiger partial charge in [0, 0.05) is 24.0 Å². The zero-order valence-corrected chi connectivity index (χ0v) is 30.1. The van der Waals surface area contributed by atoms with Crippen LogP contribution in [0.5, 0.6) is 0 Å². The second-order valence-electron chi connectivity index (χ2n) is 15.0. The molecule has 7 atom stereocenters. The van der Waals surface area contributed by atoms with E-state index in [0.29, 0.717) is 24.2 Å². The maximum atomic E-state index is 9.15. The number of hydrogen-bond acceptors (Lipinski definition) is 5. The zero-order valence-electron chi connectivity index (χ0n) is 30.1. The van der Waals surface area contributed by atoms with Crippen molar-refractivity contribution in [2.24, 2.45) is 33.9 Å². The lowest BCUT2D eigenvalue weighted by Gasteiger charge is -2.40. The Labute approximate surface area is 293 Å². The summed E-state index contributed by atoms with van der Waals surface area (Å²) in [5, 5.41) is 19.2. The Morgan fingerprint density at radius 1 is 1.12 bits per heavy atom. The topological polar surface area (TPSA) is 86.2 Å². The maximum absolute atomic E-state index is 9.15. The number of aliphatic imine (C=N–C) groups is 1. The van der Waals surface area contributed by atoms with Gasteiger partial charge in [0.25, 0.3) is 0 Å². The number of fused-ring (bicyclic) bond motifs is 2. The van der Waals surface area contributed by atoms with E-state index >= 15 is 0 Å². The molecule has 1 aliphatic heterocycles.